The fraction of sp³-hybridized carbons (Fsp3) is 0.500. The Kier molecular flexibility index (Phi) is 4.56. The second-order valence-electron chi connectivity index (χ2n) is 3.66. The highest BCUT2D eigenvalue weighted by atomic mass is 19.1. The predicted octanol–water partition coefficient (Wildman–Crippen LogP) is 2.72. The quantitative estimate of drug-likeness (QED) is 0.808. The Balaban J connectivity index is 2.78. The largest absolute Gasteiger partial charge is 0.491 e. The number of halogens is 1. The molecule has 0 aliphatic heterocycles. The van der Waals surface area contributed by atoms with Gasteiger partial charge in [0.05, 0.1) is 6.10 Å². The van der Waals surface area contributed by atoms with E-state index in [2.05, 4.69) is 5.32 Å². The van der Waals surface area contributed by atoms with Crippen LogP contribution in [-0.2, 0) is 6.54 Å². The first-order chi connectivity index (χ1) is 7.15. The lowest BCUT2D eigenvalue weighted by Gasteiger charge is -2.13. The molecule has 1 atom stereocenters. The topological polar surface area (TPSA) is 21.3 Å². The minimum absolute atomic E-state index is 0.120. The summed E-state index contributed by atoms with van der Waals surface area (Å²) in [5, 5.41) is 2.98. The Morgan fingerprint density at radius 2 is 2.13 bits per heavy atom. The molecule has 84 valence electrons. The molecule has 0 amide bonds. The summed E-state index contributed by atoms with van der Waals surface area (Å²) >= 11 is 0. The Labute approximate surface area is 90.4 Å². The molecule has 0 heterocycles. The van der Waals surface area contributed by atoms with E-state index in [0.29, 0.717) is 12.3 Å². The second kappa shape index (κ2) is 5.71. The van der Waals surface area contributed by atoms with Crippen LogP contribution in [0.3, 0.4) is 0 Å². The van der Waals surface area contributed by atoms with Crippen molar-refractivity contribution in [3.63, 3.8) is 0 Å². The summed E-state index contributed by atoms with van der Waals surface area (Å²) in [6.45, 7) is 4.66. The molecular weight excluding hydrogens is 193 g/mol. The number of benzene rings is 1. The molecule has 0 saturated carbocycles. The van der Waals surface area contributed by atoms with Crippen molar-refractivity contribution in [1.29, 1.82) is 0 Å². The van der Waals surface area contributed by atoms with Gasteiger partial charge >= 0.3 is 0 Å². The second-order valence-corrected chi connectivity index (χ2v) is 3.66. The maximum absolute atomic E-state index is 13.2. The first-order valence-electron chi connectivity index (χ1n) is 5.26. The summed E-state index contributed by atoms with van der Waals surface area (Å²) in [6.07, 6.45) is 1.03. The molecule has 3 heteroatoms. The molecule has 0 aliphatic carbocycles. The molecule has 0 aromatic heterocycles. The van der Waals surface area contributed by atoms with Crippen molar-refractivity contribution in [1.82, 2.24) is 5.32 Å². The summed E-state index contributed by atoms with van der Waals surface area (Å²) in [5.41, 5.74) is 0.899. The van der Waals surface area contributed by atoms with Gasteiger partial charge in [-0.1, -0.05) is 6.92 Å². The van der Waals surface area contributed by atoms with E-state index in [1.807, 2.05) is 27.0 Å². The lowest BCUT2D eigenvalue weighted by molar-refractivity contribution is 0.216. The number of ether oxygens (including phenoxy) is 1. The summed E-state index contributed by atoms with van der Waals surface area (Å²) in [5.74, 6) is 0.357. The van der Waals surface area contributed by atoms with Crippen molar-refractivity contribution in [2.45, 2.75) is 32.9 Å². The first kappa shape index (κ1) is 12.0. The van der Waals surface area contributed by atoms with E-state index in [0.717, 1.165) is 12.0 Å². The van der Waals surface area contributed by atoms with E-state index >= 15 is 0 Å². The van der Waals surface area contributed by atoms with Gasteiger partial charge in [-0.2, -0.15) is 0 Å². The molecule has 0 bridgehead atoms. The van der Waals surface area contributed by atoms with Gasteiger partial charge in [0, 0.05) is 12.6 Å². The zero-order valence-electron chi connectivity index (χ0n) is 9.51. The van der Waals surface area contributed by atoms with Crippen molar-refractivity contribution >= 4 is 0 Å². The van der Waals surface area contributed by atoms with Crippen molar-refractivity contribution in [2.24, 2.45) is 0 Å². The standard InChI is InChI=1S/C12H18FNO/c1-4-9(2)15-12-6-10(8-14-3)5-11(13)7-12/h5-7,9,14H,4,8H2,1-3H3. The van der Waals surface area contributed by atoms with E-state index in [9.17, 15) is 4.39 Å². The molecule has 1 aromatic carbocycles. The van der Waals surface area contributed by atoms with Gasteiger partial charge in [0.15, 0.2) is 0 Å². The maximum Gasteiger partial charge on any atom is 0.127 e. The fourth-order valence-electron chi connectivity index (χ4n) is 1.31. The molecule has 1 N–H and O–H groups in total. The molecular formula is C12H18FNO. The zero-order chi connectivity index (χ0) is 11.3. The van der Waals surface area contributed by atoms with Gasteiger partial charge in [-0.15, -0.1) is 0 Å². The van der Waals surface area contributed by atoms with Crippen LogP contribution in [0.25, 0.3) is 0 Å². The van der Waals surface area contributed by atoms with E-state index in [1.165, 1.54) is 12.1 Å². The van der Waals surface area contributed by atoms with Crippen molar-refractivity contribution in [3.05, 3.63) is 29.6 Å². The Bertz CT molecular complexity index is 314. The normalized spacial score (nSPS) is 12.5. The highest BCUT2D eigenvalue weighted by molar-refractivity contribution is 5.29. The van der Waals surface area contributed by atoms with Crippen molar-refractivity contribution in [2.75, 3.05) is 7.05 Å². The van der Waals surface area contributed by atoms with Crippen LogP contribution < -0.4 is 10.1 Å². The third-order valence-corrected chi connectivity index (χ3v) is 2.22. The van der Waals surface area contributed by atoms with Gasteiger partial charge < -0.3 is 10.1 Å². The van der Waals surface area contributed by atoms with Gasteiger partial charge in [0.25, 0.3) is 0 Å². The average molecular weight is 211 g/mol. The van der Waals surface area contributed by atoms with Crippen LogP contribution in [0.5, 0.6) is 5.75 Å². The summed E-state index contributed by atoms with van der Waals surface area (Å²) in [4.78, 5) is 0. The van der Waals surface area contributed by atoms with E-state index in [4.69, 9.17) is 4.74 Å². The summed E-state index contributed by atoms with van der Waals surface area (Å²) in [7, 11) is 1.83. The smallest absolute Gasteiger partial charge is 0.127 e. The van der Waals surface area contributed by atoms with Crippen LogP contribution in [0.2, 0.25) is 0 Å². The maximum atomic E-state index is 13.2. The molecule has 1 unspecified atom stereocenters. The third kappa shape index (κ3) is 3.88. The SMILES string of the molecule is CCC(C)Oc1cc(F)cc(CNC)c1. The van der Waals surface area contributed by atoms with Gasteiger partial charge in [-0.05, 0) is 38.1 Å². The number of nitrogens with one attached hydrogen (secondary N) is 1. The molecule has 1 rings (SSSR count). The van der Waals surface area contributed by atoms with Crippen LogP contribution in [0, 0.1) is 5.82 Å². The highest BCUT2D eigenvalue weighted by Gasteiger charge is 2.04. The molecule has 0 saturated heterocycles. The Hall–Kier alpha value is -1.09. The molecule has 1 aromatic rings. The van der Waals surface area contributed by atoms with E-state index in [1.54, 1.807) is 0 Å². The molecule has 0 radical (unpaired) electrons. The van der Waals surface area contributed by atoms with Crippen molar-refractivity contribution in [3.8, 4) is 5.75 Å². The van der Waals surface area contributed by atoms with E-state index < -0.39 is 0 Å². The van der Waals surface area contributed by atoms with Crippen LogP contribution in [-0.4, -0.2) is 13.2 Å². The Morgan fingerprint density at radius 3 is 2.73 bits per heavy atom. The average Bonchev–Trinajstić information content (AvgIpc) is 2.17. The Morgan fingerprint density at radius 1 is 1.40 bits per heavy atom. The monoisotopic (exact) mass is 211 g/mol. The van der Waals surface area contributed by atoms with Crippen molar-refractivity contribution < 1.29 is 9.13 Å². The lowest BCUT2D eigenvalue weighted by atomic mass is 10.2. The molecule has 0 spiro atoms. The minimum Gasteiger partial charge on any atom is -0.491 e. The lowest BCUT2D eigenvalue weighted by Crippen LogP contribution is -2.11. The van der Waals surface area contributed by atoms with Crippen LogP contribution in [0.15, 0.2) is 18.2 Å². The van der Waals surface area contributed by atoms with Gasteiger partial charge in [0.2, 0.25) is 0 Å². The molecule has 0 fully saturated rings. The van der Waals surface area contributed by atoms with Crippen LogP contribution in [0.1, 0.15) is 25.8 Å². The predicted molar refractivity (Wildman–Crippen MR) is 59.5 cm³/mol. The summed E-state index contributed by atoms with van der Waals surface area (Å²) in [6, 6.07) is 4.80. The fourth-order valence-corrected chi connectivity index (χ4v) is 1.31. The van der Waals surface area contributed by atoms with Gasteiger partial charge in [-0.3, -0.25) is 0 Å². The third-order valence-electron chi connectivity index (χ3n) is 2.22. The molecule has 15 heavy (non-hydrogen) atoms. The molecule has 0 aliphatic rings. The zero-order valence-corrected chi connectivity index (χ0v) is 9.51. The molecule has 2 nitrogen and oxygen atoms in total. The highest BCUT2D eigenvalue weighted by Crippen LogP contribution is 2.18. The number of hydrogen-bond acceptors (Lipinski definition) is 2. The summed E-state index contributed by atoms with van der Waals surface area (Å²) < 4.78 is 18.8. The van der Waals surface area contributed by atoms with E-state index in [-0.39, 0.29) is 11.9 Å². The van der Waals surface area contributed by atoms with Crippen LogP contribution in [0.4, 0.5) is 4.39 Å². The van der Waals surface area contributed by atoms with Gasteiger partial charge in [-0.25, -0.2) is 4.39 Å². The number of hydrogen-bond donors (Lipinski definition) is 1. The van der Waals surface area contributed by atoms with Gasteiger partial charge in [0.1, 0.15) is 11.6 Å². The first-order valence-corrected chi connectivity index (χ1v) is 5.26. The van der Waals surface area contributed by atoms with Crippen LogP contribution >= 0.6 is 0 Å². The number of rotatable bonds is 5. The minimum atomic E-state index is -0.249.